The van der Waals surface area contributed by atoms with Crippen LogP contribution < -0.4 is 5.32 Å². The third-order valence-corrected chi connectivity index (χ3v) is 2.91. The lowest BCUT2D eigenvalue weighted by atomic mass is 10.2. The largest absolute Gasteiger partial charge is 0.445 e. The van der Waals surface area contributed by atoms with Crippen LogP contribution in [0.25, 0.3) is 10.9 Å². The molecule has 0 bridgehead atoms. The topological polar surface area (TPSA) is 51.0 Å². The number of benzene rings is 1. The lowest BCUT2D eigenvalue weighted by Gasteiger charge is -2.03. The van der Waals surface area contributed by atoms with Crippen molar-refractivity contribution in [3.63, 3.8) is 0 Å². The van der Waals surface area contributed by atoms with Gasteiger partial charge in [0.2, 0.25) is 5.89 Å². The van der Waals surface area contributed by atoms with Gasteiger partial charge in [0, 0.05) is 11.9 Å². The van der Waals surface area contributed by atoms with E-state index in [1.165, 1.54) is 0 Å². The van der Waals surface area contributed by atoms with Crippen LogP contribution >= 0.6 is 0 Å². The molecule has 2 heterocycles. The first-order valence-electron chi connectivity index (χ1n) is 6.28. The van der Waals surface area contributed by atoms with Gasteiger partial charge in [-0.15, -0.1) is 0 Å². The van der Waals surface area contributed by atoms with Crippen molar-refractivity contribution >= 4 is 10.9 Å². The third-order valence-electron chi connectivity index (χ3n) is 2.91. The highest BCUT2D eigenvalue weighted by molar-refractivity contribution is 5.78. The number of rotatable bonds is 4. The maximum atomic E-state index is 5.40. The van der Waals surface area contributed by atoms with Crippen LogP contribution in [0.15, 0.2) is 47.0 Å². The SMILES string of the molecule is Cc1cnc(CNCc2ccc3ccccc3n2)o1. The minimum absolute atomic E-state index is 0.613. The number of para-hydroxylation sites is 1. The number of hydrogen-bond donors (Lipinski definition) is 1. The van der Waals surface area contributed by atoms with E-state index in [2.05, 4.69) is 27.4 Å². The average molecular weight is 253 g/mol. The normalized spacial score (nSPS) is 11.0. The molecular formula is C15H15N3O. The van der Waals surface area contributed by atoms with Crippen LogP contribution in [0.5, 0.6) is 0 Å². The van der Waals surface area contributed by atoms with E-state index in [0.717, 1.165) is 22.4 Å². The van der Waals surface area contributed by atoms with Gasteiger partial charge in [-0.2, -0.15) is 0 Å². The standard InChI is InChI=1S/C15H15N3O/c1-11-8-17-15(19-11)10-16-9-13-7-6-12-4-2-3-5-14(12)18-13/h2-8,16H,9-10H2,1H3. The molecule has 0 aliphatic carbocycles. The summed E-state index contributed by atoms with van der Waals surface area (Å²) in [5.74, 6) is 1.54. The van der Waals surface area contributed by atoms with E-state index in [4.69, 9.17) is 4.42 Å². The summed E-state index contributed by atoms with van der Waals surface area (Å²) in [6, 6.07) is 12.2. The van der Waals surface area contributed by atoms with E-state index < -0.39 is 0 Å². The molecule has 0 radical (unpaired) electrons. The molecule has 19 heavy (non-hydrogen) atoms. The molecule has 96 valence electrons. The highest BCUT2D eigenvalue weighted by Gasteiger charge is 2.01. The van der Waals surface area contributed by atoms with Gasteiger partial charge in [-0.3, -0.25) is 4.98 Å². The Morgan fingerprint density at radius 3 is 2.84 bits per heavy atom. The molecule has 0 saturated heterocycles. The Morgan fingerprint density at radius 2 is 2.00 bits per heavy atom. The van der Waals surface area contributed by atoms with Gasteiger partial charge in [-0.1, -0.05) is 24.3 Å². The van der Waals surface area contributed by atoms with Crippen LogP contribution in [0.3, 0.4) is 0 Å². The van der Waals surface area contributed by atoms with E-state index in [-0.39, 0.29) is 0 Å². The van der Waals surface area contributed by atoms with Gasteiger partial charge >= 0.3 is 0 Å². The predicted octanol–water partition coefficient (Wildman–Crippen LogP) is 2.82. The van der Waals surface area contributed by atoms with Crippen molar-refractivity contribution in [2.45, 2.75) is 20.0 Å². The molecule has 0 aliphatic heterocycles. The summed E-state index contributed by atoms with van der Waals surface area (Å²) in [6.45, 7) is 3.20. The van der Waals surface area contributed by atoms with E-state index in [0.29, 0.717) is 19.0 Å². The summed E-state index contributed by atoms with van der Waals surface area (Å²) in [7, 11) is 0. The van der Waals surface area contributed by atoms with Crippen LogP contribution in [0, 0.1) is 6.92 Å². The minimum Gasteiger partial charge on any atom is -0.445 e. The molecule has 3 rings (SSSR count). The van der Waals surface area contributed by atoms with Crippen LogP contribution in [0.4, 0.5) is 0 Å². The van der Waals surface area contributed by atoms with Gasteiger partial charge in [0.25, 0.3) is 0 Å². The Hall–Kier alpha value is -2.20. The number of fused-ring (bicyclic) bond motifs is 1. The second kappa shape index (κ2) is 5.20. The van der Waals surface area contributed by atoms with E-state index in [1.807, 2.05) is 31.2 Å². The van der Waals surface area contributed by atoms with Crippen LogP contribution in [-0.4, -0.2) is 9.97 Å². The van der Waals surface area contributed by atoms with Gasteiger partial charge < -0.3 is 9.73 Å². The van der Waals surface area contributed by atoms with Crippen molar-refractivity contribution in [1.29, 1.82) is 0 Å². The quantitative estimate of drug-likeness (QED) is 0.776. The third kappa shape index (κ3) is 2.80. The summed E-state index contributed by atoms with van der Waals surface area (Å²) in [5, 5.41) is 4.44. The van der Waals surface area contributed by atoms with Crippen LogP contribution in [0.1, 0.15) is 17.3 Å². The Balaban J connectivity index is 1.65. The number of hydrogen-bond acceptors (Lipinski definition) is 4. The van der Waals surface area contributed by atoms with Gasteiger partial charge in [0.1, 0.15) is 5.76 Å². The molecule has 4 nitrogen and oxygen atoms in total. The molecule has 2 aromatic heterocycles. The lowest BCUT2D eigenvalue weighted by Crippen LogP contribution is -2.13. The van der Waals surface area contributed by atoms with E-state index in [1.54, 1.807) is 6.20 Å². The molecule has 3 aromatic rings. The van der Waals surface area contributed by atoms with Gasteiger partial charge in [-0.25, -0.2) is 4.98 Å². The average Bonchev–Trinajstić information content (AvgIpc) is 2.84. The fourth-order valence-corrected chi connectivity index (χ4v) is 1.99. The lowest BCUT2D eigenvalue weighted by molar-refractivity contribution is 0.448. The molecule has 4 heteroatoms. The molecule has 0 atom stereocenters. The van der Waals surface area contributed by atoms with Crippen molar-refractivity contribution in [1.82, 2.24) is 15.3 Å². The zero-order chi connectivity index (χ0) is 13.1. The van der Waals surface area contributed by atoms with Gasteiger partial charge in [0.15, 0.2) is 0 Å². The first kappa shape index (κ1) is 11.9. The Bertz CT molecular complexity index is 690. The molecule has 0 fully saturated rings. The predicted molar refractivity (Wildman–Crippen MR) is 73.5 cm³/mol. The molecule has 0 aliphatic rings. The summed E-state index contributed by atoms with van der Waals surface area (Å²) >= 11 is 0. The van der Waals surface area contributed by atoms with Crippen LogP contribution in [-0.2, 0) is 13.1 Å². The Kier molecular flexibility index (Phi) is 3.25. The number of aryl methyl sites for hydroxylation is 1. The summed E-state index contributed by atoms with van der Waals surface area (Å²) in [5.41, 5.74) is 2.04. The number of pyridine rings is 1. The summed E-state index contributed by atoms with van der Waals surface area (Å²) in [4.78, 5) is 8.75. The van der Waals surface area contributed by atoms with Crippen LogP contribution in [0.2, 0.25) is 0 Å². The smallest absolute Gasteiger partial charge is 0.208 e. The Labute approximate surface area is 111 Å². The highest BCUT2D eigenvalue weighted by Crippen LogP contribution is 2.11. The van der Waals surface area contributed by atoms with Crippen molar-refractivity contribution in [2.24, 2.45) is 0 Å². The second-order valence-electron chi connectivity index (χ2n) is 4.46. The highest BCUT2D eigenvalue weighted by atomic mass is 16.4. The monoisotopic (exact) mass is 253 g/mol. The van der Waals surface area contributed by atoms with Crippen molar-refractivity contribution in [3.8, 4) is 0 Å². The molecule has 1 N–H and O–H groups in total. The molecule has 1 aromatic carbocycles. The number of oxazole rings is 1. The first-order valence-corrected chi connectivity index (χ1v) is 6.28. The number of nitrogens with zero attached hydrogens (tertiary/aromatic N) is 2. The zero-order valence-corrected chi connectivity index (χ0v) is 10.8. The zero-order valence-electron chi connectivity index (χ0n) is 10.8. The maximum absolute atomic E-state index is 5.40. The molecule has 0 saturated carbocycles. The molecule has 0 amide bonds. The summed E-state index contributed by atoms with van der Waals surface area (Å²) in [6.07, 6.45) is 1.73. The first-order chi connectivity index (χ1) is 9.31. The Morgan fingerprint density at radius 1 is 1.11 bits per heavy atom. The molecule has 0 spiro atoms. The minimum atomic E-state index is 0.613. The van der Waals surface area contributed by atoms with Crippen molar-refractivity contribution in [2.75, 3.05) is 0 Å². The molecule has 0 unspecified atom stereocenters. The van der Waals surface area contributed by atoms with Gasteiger partial charge in [-0.05, 0) is 19.1 Å². The van der Waals surface area contributed by atoms with E-state index >= 15 is 0 Å². The second-order valence-corrected chi connectivity index (χ2v) is 4.46. The van der Waals surface area contributed by atoms with Crippen molar-refractivity contribution < 1.29 is 4.42 Å². The van der Waals surface area contributed by atoms with E-state index in [9.17, 15) is 0 Å². The summed E-state index contributed by atoms with van der Waals surface area (Å²) < 4.78 is 5.40. The number of aromatic nitrogens is 2. The van der Waals surface area contributed by atoms with Crippen molar-refractivity contribution in [3.05, 3.63) is 59.9 Å². The maximum Gasteiger partial charge on any atom is 0.208 e. The molecular weight excluding hydrogens is 238 g/mol. The van der Waals surface area contributed by atoms with Gasteiger partial charge in [0.05, 0.1) is 24.0 Å². The number of nitrogens with one attached hydrogen (secondary N) is 1. The fraction of sp³-hybridized carbons (Fsp3) is 0.200. The fourth-order valence-electron chi connectivity index (χ4n) is 1.99.